The number of sulfonamides is 1. The van der Waals surface area contributed by atoms with Crippen LogP contribution in [0.25, 0.3) is 10.8 Å². The van der Waals surface area contributed by atoms with E-state index in [9.17, 15) is 13.2 Å². The zero-order valence-electron chi connectivity index (χ0n) is 19.7. The largest absolute Gasteiger partial charge is 0.491 e. The average Bonchev–Trinajstić information content (AvgIpc) is 3.07. The smallest absolute Gasteiger partial charge is 0.265 e. The highest BCUT2D eigenvalue weighted by molar-refractivity contribution is 7.93. The molecule has 0 spiro atoms. The first kappa shape index (κ1) is 23.6. The van der Waals surface area contributed by atoms with Crippen molar-refractivity contribution in [3.63, 3.8) is 0 Å². The van der Waals surface area contributed by atoms with Crippen LogP contribution in [0, 0.1) is 0 Å². The summed E-state index contributed by atoms with van der Waals surface area (Å²) in [5, 5.41) is 1.45. The van der Waals surface area contributed by atoms with Crippen LogP contribution in [0.2, 0.25) is 0 Å². The number of hydrogen-bond donors (Lipinski definition) is 0. The van der Waals surface area contributed by atoms with Gasteiger partial charge in [0, 0.05) is 18.0 Å². The van der Waals surface area contributed by atoms with Crippen LogP contribution in [-0.2, 0) is 10.0 Å². The maximum Gasteiger partial charge on any atom is 0.265 e. The van der Waals surface area contributed by atoms with E-state index in [4.69, 9.17) is 9.47 Å². The topological polar surface area (TPSA) is 89.0 Å². The summed E-state index contributed by atoms with van der Waals surface area (Å²) in [5.41, 5.74) is 0.840. The molecule has 0 atom stereocenters. The molecule has 0 unspecified atom stereocenters. The first-order chi connectivity index (χ1) is 17.5. The van der Waals surface area contributed by atoms with Crippen molar-refractivity contribution in [2.75, 3.05) is 37.7 Å². The highest BCUT2D eigenvalue weighted by atomic mass is 32.2. The standard InChI is InChI=1S/C27H25N3O5S/c1-34-26-14-13-21(19-28-26)30(36(32,33)25-12-6-8-20-7-2-3-9-22(20)25)16-15-29-17-18-35-24-11-5-4-10-23(24)27(29)31/h2-14,19H,15-18H2,1H3. The fourth-order valence-electron chi connectivity index (χ4n) is 4.30. The van der Waals surface area contributed by atoms with Crippen molar-refractivity contribution in [3.8, 4) is 11.6 Å². The molecule has 8 nitrogen and oxygen atoms in total. The van der Waals surface area contributed by atoms with Gasteiger partial charge in [-0.3, -0.25) is 9.10 Å². The number of hydrogen-bond acceptors (Lipinski definition) is 6. The lowest BCUT2D eigenvalue weighted by Gasteiger charge is -2.28. The van der Waals surface area contributed by atoms with Crippen molar-refractivity contribution >= 4 is 32.4 Å². The predicted molar refractivity (Wildman–Crippen MR) is 137 cm³/mol. The van der Waals surface area contributed by atoms with Gasteiger partial charge in [0.05, 0.1) is 42.5 Å². The third-order valence-electron chi connectivity index (χ3n) is 6.13. The number of rotatable bonds is 7. The number of nitrogens with zero attached hydrogens (tertiary/aromatic N) is 3. The molecular formula is C27H25N3O5S. The molecular weight excluding hydrogens is 478 g/mol. The number of carbonyl (C=O) groups is 1. The van der Waals surface area contributed by atoms with Crippen molar-refractivity contribution < 1.29 is 22.7 Å². The Bertz CT molecular complexity index is 1500. The number of pyridine rings is 1. The number of para-hydroxylation sites is 1. The quantitative estimate of drug-likeness (QED) is 0.379. The molecule has 3 aromatic carbocycles. The second kappa shape index (κ2) is 9.87. The van der Waals surface area contributed by atoms with Gasteiger partial charge >= 0.3 is 0 Å². The molecule has 1 aliphatic rings. The maximum absolute atomic E-state index is 14.1. The van der Waals surface area contributed by atoms with Crippen molar-refractivity contribution in [2.24, 2.45) is 0 Å². The Hall–Kier alpha value is -4.11. The lowest BCUT2D eigenvalue weighted by molar-refractivity contribution is 0.0761. The zero-order chi connectivity index (χ0) is 25.1. The number of aromatic nitrogens is 1. The molecule has 0 N–H and O–H groups in total. The van der Waals surface area contributed by atoms with Gasteiger partial charge in [0.1, 0.15) is 12.4 Å². The lowest BCUT2D eigenvalue weighted by Crippen LogP contribution is -2.42. The van der Waals surface area contributed by atoms with E-state index in [1.807, 2.05) is 30.3 Å². The molecule has 1 amide bonds. The van der Waals surface area contributed by atoms with Gasteiger partial charge in [-0.1, -0.05) is 48.5 Å². The minimum atomic E-state index is -4.00. The van der Waals surface area contributed by atoms with Gasteiger partial charge in [-0.15, -0.1) is 0 Å². The first-order valence-electron chi connectivity index (χ1n) is 11.5. The van der Waals surface area contributed by atoms with Crippen molar-refractivity contribution in [1.82, 2.24) is 9.88 Å². The van der Waals surface area contributed by atoms with E-state index >= 15 is 0 Å². The van der Waals surface area contributed by atoms with E-state index in [1.54, 1.807) is 53.4 Å². The summed E-state index contributed by atoms with van der Waals surface area (Å²) in [7, 11) is -2.51. The molecule has 4 aromatic rings. The Morgan fingerprint density at radius 3 is 2.58 bits per heavy atom. The second-order valence-corrected chi connectivity index (χ2v) is 10.1. The van der Waals surface area contributed by atoms with Gasteiger partial charge in [0.25, 0.3) is 15.9 Å². The normalized spacial score (nSPS) is 13.6. The molecule has 0 radical (unpaired) electrons. The first-order valence-corrected chi connectivity index (χ1v) is 12.9. The molecule has 0 saturated heterocycles. The number of methoxy groups -OCH3 is 1. The van der Waals surface area contributed by atoms with Gasteiger partial charge in [-0.25, -0.2) is 13.4 Å². The Morgan fingerprint density at radius 1 is 1.00 bits per heavy atom. The summed E-state index contributed by atoms with van der Waals surface area (Å²) in [5.74, 6) is 0.709. The Labute approximate surface area is 209 Å². The summed E-state index contributed by atoms with van der Waals surface area (Å²) in [4.78, 5) is 19.2. The minimum Gasteiger partial charge on any atom is -0.491 e. The highest BCUT2D eigenvalue weighted by Crippen LogP contribution is 2.30. The molecule has 0 aliphatic carbocycles. The summed E-state index contributed by atoms with van der Waals surface area (Å²) in [6.07, 6.45) is 1.46. The van der Waals surface area contributed by atoms with E-state index < -0.39 is 10.0 Å². The molecule has 9 heteroatoms. The van der Waals surface area contributed by atoms with E-state index in [2.05, 4.69) is 4.98 Å². The van der Waals surface area contributed by atoms with Crippen LogP contribution in [0.4, 0.5) is 5.69 Å². The summed E-state index contributed by atoms with van der Waals surface area (Å²) in [6.45, 7) is 0.874. The van der Waals surface area contributed by atoms with Crippen molar-refractivity contribution in [1.29, 1.82) is 0 Å². The van der Waals surface area contributed by atoms with Crippen LogP contribution in [0.5, 0.6) is 11.6 Å². The van der Waals surface area contributed by atoms with Crippen LogP contribution in [0.15, 0.2) is 90.0 Å². The van der Waals surface area contributed by atoms with Gasteiger partial charge in [-0.05, 0) is 29.7 Å². The highest BCUT2D eigenvalue weighted by Gasteiger charge is 2.29. The number of carbonyl (C=O) groups excluding carboxylic acids is 1. The number of ether oxygens (including phenoxy) is 2. The number of fused-ring (bicyclic) bond motifs is 2. The zero-order valence-corrected chi connectivity index (χ0v) is 20.5. The fraction of sp³-hybridized carbons (Fsp3) is 0.185. The Morgan fingerprint density at radius 2 is 1.78 bits per heavy atom. The Kier molecular flexibility index (Phi) is 6.47. The van der Waals surface area contributed by atoms with Crippen LogP contribution in [0.3, 0.4) is 0 Å². The van der Waals surface area contributed by atoms with Crippen LogP contribution >= 0.6 is 0 Å². The molecule has 184 valence electrons. The predicted octanol–water partition coefficient (Wildman–Crippen LogP) is 3.97. The number of anilines is 1. The molecule has 0 fully saturated rings. The summed E-state index contributed by atoms with van der Waals surface area (Å²) >= 11 is 0. The van der Waals surface area contributed by atoms with Crippen LogP contribution in [-0.4, -0.2) is 57.6 Å². The van der Waals surface area contributed by atoms with Crippen LogP contribution < -0.4 is 13.8 Å². The molecule has 2 heterocycles. The third-order valence-corrected chi connectivity index (χ3v) is 8.02. The second-order valence-electron chi connectivity index (χ2n) is 8.25. The minimum absolute atomic E-state index is 0.0352. The fourth-order valence-corrected chi connectivity index (χ4v) is 5.96. The monoisotopic (exact) mass is 503 g/mol. The van der Waals surface area contributed by atoms with Crippen LogP contribution in [0.1, 0.15) is 10.4 Å². The van der Waals surface area contributed by atoms with E-state index in [0.717, 1.165) is 5.39 Å². The molecule has 1 aromatic heterocycles. The van der Waals surface area contributed by atoms with Gasteiger partial charge in [0.15, 0.2) is 0 Å². The maximum atomic E-state index is 14.1. The lowest BCUT2D eigenvalue weighted by atomic mass is 10.1. The van der Waals surface area contributed by atoms with Crippen molar-refractivity contribution in [3.05, 3.63) is 90.6 Å². The average molecular weight is 504 g/mol. The van der Waals surface area contributed by atoms with Gasteiger partial charge < -0.3 is 14.4 Å². The summed E-state index contributed by atoms with van der Waals surface area (Å²) in [6, 6.07) is 22.9. The van der Waals surface area contributed by atoms with Gasteiger partial charge in [0.2, 0.25) is 5.88 Å². The van der Waals surface area contributed by atoms with E-state index in [-0.39, 0.29) is 23.9 Å². The summed E-state index contributed by atoms with van der Waals surface area (Å²) < 4.78 is 40.3. The van der Waals surface area contributed by atoms with Gasteiger partial charge in [-0.2, -0.15) is 0 Å². The Balaban J connectivity index is 1.51. The third kappa shape index (κ3) is 4.45. The van der Waals surface area contributed by atoms with E-state index in [0.29, 0.717) is 41.4 Å². The number of amides is 1. The number of benzene rings is 3. The molecule has 5 rings (SSSR count). The molecule has 0 saturated carbocycles. The van der Waals surface area contributed by atoms with E-state index in [1.165, 1.54) is 17.6 Å². The van der Waals surface area contributed by atoms with Crippen molar-refractivity contribution in [2.45, 2.75) is 4.90 Å². The molecule has 36 heavy (non-hydrogen) atoms. The molecule has 1 aliphatic heterocycles. The molecule has 0 bridgehead atoms. The SMILES string of the molecule is COc1ccc(N(CCN2CCOc3ccccc3C2=O)S(=O)(=O)c2cccc3ccccc23)cn1.